The second-order valence-corrected chi connectivity index (χ2v) is 5.41. The number of nitrogens with zero attached hydrogens (tertiary/aromatic N) is 1. The molecule has 2 amide bonds. The van der Waals surface area contributed by atoms with E-state index in [1.165, 1.54) is 6.21 Å². The first-order valence-electron chi connectivity index (χ1n) is 8.02. The molecule has 0 spiro atoms. The van der Waals surface area contributed by atoms with Crippen LogP contribution in [0.5, 0.6) is 0 Å². The van der Waals surface area contributed by atoms with Crippen molar-refractivity contribution in [2.45, 2.75) is 26.7 Å². The molecule has 0 saturated heterocycles. The van der Waals surface area contributed by atoms with Crippen LogP contribution in [0, 0.1) is 5.92 Å². The summed E-state index contributed by atoms with van der Waals surface area (Å²) in [6, 6.07) is 6.96. The zero-order chi connectivity index (χ0) is 18.7. The standard InChI is InChI=1S/C17H24N4O4/c1-3-25-17(24)12(2)10-19-15(22)8-9-16(23)21-14-6-4-13(5-7-14)11-20-18/h4-7,11-12H,3,8-10,18H2,1-2H3,(H,19,22)(H,21,23). The van der Waals surface area contributed by atoms with Crippen LogP contribution in [-0.4, -0.2) is 37.1 Å². The summed E-state index contributed by atoms with van der Waals surface area (Å²) >= 11 is 0. The first kappa shape index (κ1) is 20.1. The quantitative estimate of drug-likeness (QED) is 0.266. The third kappa shape index (κ3) is 7.96. The summed E-state index contributed by atoms with van der Waals surface area (Å²) in [6.07, 6.45) is 1.58. The molecule has 0 radical (unpaired) electrons. The zero-order valence-corrected chi connectivity index (χ0v) is 14.5. The normalized spacial score (nSPS) is 11.8. The number of hydrogen-bond acceptors (Lipinski definition) is 6. The third-order valence-corrected chi connectivity index (χ3v) is 3.29. The highest BCUT2D eigenvalue weighted by Crippen LogP contribution is 2.09. The molecule has 0 aliphatic heterocycles. The lowest BCUT2D eigenvalue weighted by atomic mass is 10.2. The minimum atomic E-state index is -0.423. The Bertz CT molecular complexity index is 614. The molecule has 0 aliphatic rings. The molecule has 0 aromatic heterocycles. The van der Waals surface area contributed by atoms with Crippen molar-refractivity contribution in [3.05, 3.63) is 29.8 Å². The summed E-state index contributed by atoms with van der Waals surface area (Å²) in [4.78, 5) is 35.0. The van der Waals surface area contributed by atoms with Crippen LogP contribution in [0.2, 0.25) is 0 Å². The predicted octanol–water partition coefficient (Wildman–Crippen LogP) is 1.01. The van der Waals surface area contributed by atoms with E-state index in [9.17, 15) is 14.4 Å². The van der Waals surface area contributed by atoms with Crippen LogP contribution in [0.25, 0.3) is 0 Å². The first-order chi connectivity index (χ1) is 12.0. The number of rotatable bonds is 9. The maximum Gasteiger partial charge on any atom is 0.310 e. The molecule has 25 heavy (non-hydrogen) atoms. The highest BCUT2D eigenvalue weighted by atomic mass is 16.5. The van der Waals surface area contributed by atoms with Crippen LogP contribution in [-0.2, 0) is 19.1 Å². The molecule has 4 N–H and O–H groups in total. The van der Waals surface area contributed by atoms with Crippen LogP contribution in [0.15, 0.2) is 29.4 Å². The van der Waals surface area contributed by atoms with Crippen LogP contribution in [0.4, 0.5) is 5.69 Å². The molecule has 0 bridgehead atoms. The van der Waals surface area contributed by atoms with E-state index in [-0.39, 0.29) is 37.2 Å². The Morgan fingerprint density at radius 3 is 2.44 bits per heavy atom. The molecule has 0 saturated carbocycles. The van der Waals surface area contributed by atoms with Gasteiger partial charge in [0.05, 0.1) is 18.7 Å². The Morgan fingerprint density at radius 2 is 1.84 bits per heavy atom. The van der Waals surface area contributed by atoms with Gasteiger partial charge in [-0.3, -0.25) is 14.4 Å². The number of anilines is 1. The van der Waals surface area contributed by atoms with E-state index < -0.39 is 5.92 Å². The van der Waals surface area contributed by atoms with Gasteiger partial charge in [-0.25, -0.2) is 0 Å². The van der Waals surface area contributed by atoms with Gasteiger partial charge >= 0.3 is 5.97 Å². The molecule has 1 unspecified atom stereocenters. The van der Waals surface area contributed by atoms with E-state index in [1.807, 2.05) is 0 Å². The van der Waals surface area contributed by atoms with Crippen molar-refractivity contribution in [3.8, 4) is 0 Å². The minimum absolute atomic E-state index is 0.0410. The van der Waals surface area contributed by atoms with Gasteiger partial charge in [0.2, 0.25) is 11.8 Å². The van der Waals surface area contributed by atoms with E-state index >= 15 is 0 Å². The minimum Gasteiger partial charge on any atom is -0.466 e. The Balaban J connectivity index is 2.31. The number of hydrazone groups is 1. The zero-order valence-electron chi connectivity index (χ0n) is 14.5. The lowest BCUT2D eigenvalue weighted by Gasteiger charge is -2.11. The van der Waals surface area contributed by atoms with Gasteiger partial charge in [0.25, 0.3) is 0 Å². The molecule has 1 aromatic rings. The van der Waals surface area contributed by atoms with Crippen LogP contribution < -0.4 is 16.5 Å². The molecule has 8 heteroatoms. The number of benzene rings is 1. The molecule has 0 fully saturated rings. The van der Waals surface area contributed by atoms with Crippen molar-refractivity contribution in [3.63, 3.8) is 0 Å². The van der Waals surface area contributed by atoms with Gasteiger partial charge in [-0.05, 0) is 24.6 Å². The molecule has 8 nitrogen and oxygen atoms in total. The smallest absolute Gasteiger partial charge is 0.310 e. The van der Waals surface area contributed by atoms with Gasteiger partial charge in [-0.2, -0.15) is 5.10 Å². The molecular weight excluding hydrogens is 324 g/mol. The summed E-state index contributed by atoms with van der Waals surface area (Å²) in [6.45, 7) is 3.88. The fraction of sp³-hybridized carbons (Fsp3) is 0.412. The van der Waals surface area contributed by atoms with E-state index in [0.717, 1.165) is 5.56 Å². The van der Waals surface area contributed by atoms with Crippen LogP contribution in [0.1, 0.15) is 32.3 Å². The fourth-order valence-electron chi connectivity index (χ4n) is 1.91. The summed E-state index contributed by atoms with van der Waals surface area (Å²) in [5.74, 6) is 3.72. The van der Waals surface area contributed by atoms with Crippen molar-refractivity contribution in [2.24, 2.45) is 16.9 Å². The Morgan fingerprint density at radius 1 is 1.20 bits per heavy atom. The predicted molar refractivity (Wildman–Crippen MR) is 94.9 cm³/mol. The van der Waals surface area contributed by atoms with E-state index in [1.54, 1.807) is 38.1 Å². The van der Waals surface area contributed by atoms with Crippen LogP contribution in [0.3, 0.4) is 0 Å². The molecular formula is C17H24N4O4. The highest BCUT2D eigenvalue weighted by Gasteiger charge is 2.15. The summed E-state index contributed by atoms with van der Waals surface area (Å²) in [7, 11) is 0. The van der Waals surface area contributed by atoms with E-state index in [4.69, 9.17) is 10.6 Å². The van der Waals surface area contributed by atoms with Gasteiger partial charge < -0.3 is 21.2 Å². The van der Waals surface area contributed by atoms with Crippen molar-refractivity contribution >= 4 is 29.7 Å². The lowest BCUT2D eigenvalue weighted by molar-refractivity contribution is -0.147. The van der Waals surface area contributed by atoms with E-state index in [2.05, 4.69) is 15.7 Å². The second-order valence-electron chi connectivity index (χ2n) is 5.41. The Hall–Kier alpha value is -2.90. The number of hydrogen-bond donors (Lipinski definition) is 3. The molecule has 1 rings (SSSR count). The lowest BCUT2D eigenvalue weighted by Crippen LogP contribution is -2.32. The van der Waals surface area contributed by atoms with E-state index in [0.29, 0.717) is 12.3 Å². The Kier molecular flexibility index (Phi) is 8.70. The van der Waals surface area contributed by atoms with Gasteiger partial charge in [0.1, 0.15) is 0 Å². The maximum atomic E-state index is 11.8. The maximum absolute atomic E-state index is 11.8. The van der Waals surface area contributed by atoms with Crippen molar-refractivity contribution in [1.29, 1.82) is 0 Å². The number of amides is 2. The van der Waals surface area contributed by atoms with Crippen molar-refractivity contribution in [1.82, 2.24) is 5.32 Å². The largest absolute Gasteiger partial charge is 0.466 e. The average molecular weight is 348 g/mol. The molecule has 136 valence electrons. The molecule has 0 heterocycles. The average Bonchev–Trinajstić information content (AvgIpc) is 2.60. The number of carbonyl (C=O) groups is 3. The monoisotopic (exact) mass is 348 g/mol. The van der Waals surface area contributed by atoms with Crippen molar-refractivity contribution < 1.29 is 19.1 Å². The fourth-order valence-corrected chi connectivity index (χ4v) is 1.91. The van der Waals surface area contributed by atoms with Gasteiger partial charge in [-0.1, -0.05) is 19.1 Å². The molecule has 1 atom stereocenters. The van der Waals surface area contributed by atoms with Gasteiger partial charge in [0.15, 0.2) is 0 Å². The highest BCUT2D eigenvalue weighted by molar-refractivity contribution is 5.93. The number of esters is 1. The summed E-state index contributed by atoms with van der Waals surface area (Å²) in [5, 5.41) is 8.72. The SMILES string of the molecule is CCOC(=O)C(C)CNC(=O)CCC(=O)Nc1ccc(C=NN)cc1. The third-order valence-electron chi connectivity index (χ3n) is 3.29. The molecule has 0 aliphatic carbocycles. The molecule has 1 aromatic carbocycles. The number of carbonyl (C=O) groups excluding carboxylic acids is 3. The van der Waals surface area contributed by atoms with Crippen molar-refractivity contribution in [2.75, 3.05) is 18.5 Å². The number of ether oxygens (including phenoxy) is 1. The van der Waals surface area contributed by atoms with Gasteiger partial charge in [0, 0.05) is 25.1 Å². The topological polar surface area (TPSA) is 123 Å². The Labute approximate surface area is 146 Å². The number of nitrogens with one attached hydrogen (secondary N) is 2. The summed E-state index contributed by atoms with van der Waals surface area (Å²) < 4.78 is 4.85. The first-order valence-corrected chi connectivity index (χ1v) is 8.02. The van der Waals surface area contributed by atoms with Crippen LogP contribution >= 0.6 is 0 Å². The summed E-state index contributed by atoms with van der Waals surface area (Å²) in [5.41, 5.74) is 1.44. The van der Waals surface area contributed by atoms with Gasteiger partial charge in [-0.15, -0.1) is 0 Å². The number of nitrogens with two attached hydrogens (primary N) is 1. The second kappa shape index (κ2) is 10.8.